The molecule has 0 aliphatic rings. The summed E-state index contributed by atoms with van der Waals surface area (Å²) in [6.07, 6.45) is 6.32. The van der Waals surface area contributed by atoms with Gasteiger partial charge in [-0.15, -0.1) is 0 Å². The van der Waals surface area contributed by atoms with Crippen LogP contribution in [0.1, 0.15) is 48.4 Å². The van der Waals surface area contributed by atoms with E-state index >= 15 is 0 Å². The third-order valence-corrected chi connectivity index (χ3v) is 5.28. The highest BCUT2D eigenvalue weighted by molar-refractivity contribution is 6.31. The van der Waals surface area contributed by atoms with E-state index in [2.05, 4.69) is 13.2 Å². The molecular weight excluding hydrogens is 369 g/mol. The van der Waals surface area contributed by atoms with Gasteiger partial charge in [-0.1, -0.05) is 68.1 Å². The van der Waals surface area contributed by atoms with Gasteiger partial charge >= 0.3 is 0 Å². The Morgan fingerprint density at radius 3 is 2.36 bits per heavy atom. The molecular formula is C25H27ClFN. The first-order chi connectivity index (χ1) is 13.3. The van der Waals surface area contributed by atoms with Crippen molar-refractivity contribution in [2.75, 3.05) is 0 Å². The number of benzene rings is 2. The van der Waals surface area contributed by atoms with E-state index in [4.69, 9.17) is 17.3 Å². The Kier molecular flexibility index (Phi) is 7.42. The first-order valence-corrected chi connectivity index (χ1v) is 9.63. The van der Waals surface area contributed by atoms with E-state index in [1.165, 1.54) is 6.07 Å². The van der Waals surface area contributed by atoms with Gasteiger partial charge in [-0.25, -0.2) is 4.39 Å². The van der Waals surface area contributed by atoms with Crippen molar-refractivity contribution in [1.82, 2.24) is 0 Å². The van der Waals surface area contributed by atoms with Crippen molar-refractivity contribution >= 4 is 23.3 Å². The van der Waals surface area contributed by atoms with Gasteiger partial charge in [0.1, 0.15) is 5.82 Å². The topological polar surface area (TPSA) is 26.0 Å². The lowest BCUT2D eigenvalue weighted by Crippen LogP contribution is -2.05. The summed E-state index contributed by atoms with van der Waals surface area (Å²) in [4.78, 5) is 0. The van der Waals surface area contributed by atoms with Crippen molar-refractivity contribution in [3.63, 3.8) is 0 Å². The number of hydrogen-bond acceptors (Lipinski definition) is 1. The van der Waals surface area contributed by atoms with E-state index in [0.717, 1.165) is 33.5 Å². The minimum atomic E-state index is -0.245. The predicted molar refractivity (Wildman–Crippen MR) is 121 cm³/mol. The molecule has 0 saturated carbocycles. The average Bonchev–Trinajstić information content (AvgIpc) is 2.68. The zero-order valence-electron chi connectivity index (χ0n) is 16.7. The van der Waals surface area contributed by atoms with E-state index < -0.39 is 0 Å². The molecule has 0 fully saturated rings. The molecule has 0 aliphatic carbocycles. The van der Waals surface area contributed by atoms with Gasteiger partial charge in [-0.3, -0.25) is 0 Å². The Hall–Kier alpha value is -2.58. The van der Waals surface area contributed by atoms with Crippen LogP contribution in [0.25, 0.3) is 11.6 Å². The normalized spacial score (nSPS) is 13.7. The second kappa shape index (κ2) is 9.57. The zero-order valence-corrected chi connectivity index (χ0v) is 17.5. The lowest BCUT2D eigenvalue weighted by molar-refractivity contribution is 0.609. The van der Waals surface area contributed by atoms with Crippen LogP contribution in [0.2, 0.25) is 5.02 Å². The molecule has 3 heteroatoms. The number of allylic oxidation sites excluding steroid dienone is 5. The zero-order chi connectivity index (χ0) is 20.8. The summed E-state index contributed by atoms with van der Waals surface area (Å²) in [6.45, 7) is 13.4. The third-order valence-electron chi connectivity index (χ3n) is 4.95. The van der Waals surface area contributed by atoms with E-state index in [1.54, 1.807) is 13.0 Å². The Bertz CT molecular complexity index is 932. The molecule has 2 rings (SSSR count). The van der Waals surface area contributed by atoms with Crippen molar-refractivity contribution in [2.45, 2.75) is 33.1 Å². The molecule has 0 radical (unpaired) electrons. The van der Waals surface area contributed by atoms with E-state index in [1.807, 2.05) is 56.3 Å². The van der Waals surface area contributed by atoms with Gasteiger partial charge in [0.2, 0.25) is 0 Å². The van der Waals surface area contributed by atoms with E-state index in [-0.39, 0.29) is 11.7 Å². The highest BCUT2D eigenvalue weighted by Crippen LogP contribution is 2.34. The van der Waals surface area contributed by atoms with Crippen LogP contribution in [0.4, 0.5) is 4.39 Å². The van der Waals surface area contributed by atoms with Gasteiger partial charge in [0.05, 0.1) is 0 Å². The standard InChI is InChI=1S/C25H27ClFN/c1-6-19-8-10-21(11-9-19)20(7-2)15-22(18(5)28)14-16(3)25-17(4)24(27)13-12-23(25)26/h6-13,15-16H,1-2,14,28H2,3-5H3/b20-15+,22-18+. The van der Waals surface area contributed by atoms with Crippen molar-refractivity contribution in [1.29, 1.82) is 0 Å². The van der Waals surface area contributed by atoms with Gasteiger partial charge in [0.15, 0.2) is 0 Å². The maximum Gasteiger partial charge on any atom is 0.126 e. The van der Waals surface area contributed by atoms with Gasteiger partial charge in [-0.05, 0) is 77.8 Å². The molecule has 0 spiro atoms. The Labute approximate surface area is 172 Å². The quantitative estimate of drug-likeness (QED) is 0.484. The molecule has 0 amide bonds. The summed E-state index contributed by atoms with van der Waals surface area (Å²) < 4.78 is 14.0. The molecule has 28 heavy (non-hydrogen) atoms. The maximum atomic E-state index is 14.0. The van der Waals surface area contributed by atoms with Crippen LogP contribution in [0.15, 0.2) is 73.0 Å². The molecule has 1 atom stereocenters. The fraction of sp³-hybridized carbons (Fsp3) is 0.200. The maximum absolute atomic E-state index is 14.0. The van der Waals surface area contributed by atoms with E-state index in [9.17, 15) is 4.39 Å². The summed E-state index contributed by atoms with van der Waals surface area (Å²) in [5, 5.41) is 0.577. The highest BCUT2D eigenvalue weighted by atomic mass is 35.5. The van der Waals surface area contributed by atoms with Crippen molar-refractivity contribution in [3.8, 4) is 0 Å². The summed E-state index contributed by atoms with van der Waals surface area (Å²) in [6, 6.07) is 11.1. The molecule has 0 saturated heterocycles. The van der Waals surface area contributed by atoms with Crippen LogP contribution in [0.5, 0.6) is 0 Å². The molecule has 1 nitrogen and oxygen atoms in total. The van der Waals surface area contributed by atoms with Crippen LogP contribution in [0, 0.1) is 12.7 Å². The first kappa shape index (κ1) is 21.7. The molecule has 0 heterocycles. The Morgan fingerprint density at radius 2 is 1.82 bits per heavy atom. The number of nitrogens with two attached hydrogens (primary N) is 1. The molecule has 0 aromatic heterocycles. The minimum Gasteiger partial charge on any atom is -0.402 e. The molecule has 2 aromatic rings. The molecule has 1 unspecified atom stereocenters. The van der Waals surface area contributed by atoms with Crippen LogP contribution in [-0.4, -0.2) is 0 Å². The molecule has 0 aliphatic heterocycles. The molecule has 2 aromatic carbocycles. The van der Waals surface area contributed by atoms with Crippen molar-refractivity contribution in [3.05, 3.63) is 106 Å². The van der Waals surface area contributed by atoms with E-state index in [0.29, 0.717) is 17.0 Å². The third kappa shape index (κ3) is 5.02. The lowest BCUT2D eigenvalue weighted by Gasteiger charge is -2.19. The highest BCUT2D eigenvalue weighted by Gasteiger charge is 2.17. The fourth-order valence-electron chi connectivity index (χ4n) is 3.30. The monoisotopic (exact) mass is 395 g/mol. The van der Waals surface area contributed by atoms with Crippen LogP contribution in [-0.2, 0) is 0 Å². The first-order valence-electron chi connectivity index (χ1n) is 9.25. The van der Waals surface area contributed by atoms with Crippen molar-refractivity contribution in [2.24, 2.45) is 5.73 Å². The van der Waals surface area contributed by atoms with Crippen LogP contribution >= 0.6 is 11.6 Å². The molecule has 146 valence electrons. The van der Waals surface area contributed by atoms with Crippen LogP contribution < -0.4 is 5.73 Å². The number of hydrogen-bond donors (Lipinski definition) is 1. The second-order valence-electron chi connectivity index (χ2n) is 7.01. The smallest absolute Gasteiger partial charge is 0.126 e. The van der Waals surface area contributed by atoms with Gasteiger partial charge in [0.25, 0.3) is 0 Å². The van der Waals surface area contributed by atoms with Gasteiger partial charge in [-0.2, -0.15) is 0 Å². The minimum absolute atomic E-state index is 0.0159. The summed E-state index contributed by atoms with van der Waals surface area (Å²) in [5.74, 6) is -0.229. The molecule has 0 bridgehead atoms. The number of halogens is 2. The van der Waals surface area contributed by atoms with Gasteiger partial charge < -0.3 is 5.73 Å². The summed E-state index contributed by atoms with van der Waals surface area (Å²) in [7, 11) is 0. The van der Waals surface area contributed by atoms with Crippen LogP contribution in [0.3, 0.4) is 0 Å². The molecule has 2 N–H and O–H groups in total. The van der Waals surface area contributed by atoms with Crippen molar-refractivity contribution < 1.29 is 4.39 Å². The SMILES string of the molecule is C=C/C(=C\C(CC(C)c1c(Cl)ccc(F)c1C)=C(/C)N)c1ccc(C=C)cc1. The lowest BCUT2D eigenvalue weighted by atomic mass is 9.88. The fourth-order valence-corrected chi connectivity index (χ4v) is 3.69. The predicted octanol–water partition coefficient (Wildman–Crippen LogP) is 7.43. The summed E-state index contributed by atoms with van der Waals surface area (Å²) >= 11 is 6.36. The Morgan fingerprint density at radius 1 is 1.18 bits per heavy atom. The Balaban J connectivity index is 2.39. The second-order valence-corrected chi connectivity index (χ2v) is 7.42. The van der Waals surface area contributed by atoms with Gasteiger partial charge in [0, 0.05) is 10.7 Å². The largest absolute Gasteiger partial charge is 0.402 e. The number of rotatable bonds is 7. The summed E-state index contributed by atoms with van der Waals surface area (Å²) in [5.41, 5.74) is 12.4. The average molecular weight is 396 g/mol.